The van der Waals surface area contributed by atoms with Crippen molar-refractivity contribution in [1.82, 2.24) is 5.32 Å². The molecule has 0 radical (unpaired) electrons. The van der Waals surface area contributed by atoms with Gasteiger partial charge < -0.3 is 5.32 Å². The van der Waals surface area contributed by atoms with Crippen molar-refractivity contribution in [3.05, 3.63) is 82.2 Å². The fourth-order valence-corrected chi connectivity index (χ4v) is 4.57. The molecular weight excluding hydrogens is 408 g/mol. The van der Waals surface area contributed by atoms with Crippen molar-refractivity contribution in [2.75, 3.05) is 0 Å². The van der Waals surface area contributed by atoms with E-state index in [1.807, 2.05) is 0 Å². The first-order valence-electron chi connectivity index (χ1n) is 8.17. The minimum atomic E-state index is -0.383. The summed E-state index contributed by atoms with van der Waals surface area (Å²) in [5, 5.41) is 3.44. The summed E-state index contributed by atoms with van der Waals surface area (Å²) in [7, 11) is 0. The van der Waals surface area contributed by atoms with Gasteiger partial charge in [0, 0.05) is 26.5 Å². The number of hydrogen-bond acceptors (Lipinski definition) is 4. The van der Waals surface area contributed by atoms with Crippen LogP contribution in [-0.2, 0) is 0 Å². The van der Waals surface area contributed by atoms with Gasteiger partial charge in [-0.3, -0.25) is 4.99 Å². The lowest BCUT2D eigenvalue weighted by atomic mass is 10.1. The second-order valence-electron chi connectivity index (χ2n) is 5.91. The molecule has 0 saturated heterocycles. The highest BCUT2D eigenvalue weighted by molar-refractivity contribution is 7.18. The van der Waals surface area contributed by atoms with Gasteiger partial charge in [-0.05, 0) is 53.9 Å². The topological polar surface area (TPSA) is 24.4 Å². The largest absolute Gasteiger partial charge is 0.353 e. The van der Waals surface area contributed by atoms with Crippen LogP contribution in [0.3, 0.4) is 0 Å². The number of nitrogens with zero attached hydrogens (tertiary/aromatic N) is 1. The zero-order valence-corrected chi connectivity index (χ0v) is 15.8. The Bertz CT molecular complexity index is 1200. The van der Waals surface area contributed by atoms with Crippen molar-refractivity contribution in [2.24, 2.45) is 4.99 Å². The quantitative estimate of drug-likeness (QED) is 0.347. The summed E-state index contributed by atoms with van der Waals surface area (Å²) in [6.07, 6.45) is 4.95. The number of thiophene rings is 2. The van der Waals surface area contributed by atoms with Crippen molar-refractivity contribution in [3.63, 3.8) is 0 Å². The third-order valence-corrected chi connectivity index (χ3v) is 5.95. The molecule has 0 amide bonds. The zero-order chi connectivity index (χ0) is 19.7. The summed E-state index contributed by atoms with van der Waals surface area (Å²) in [5.41, 5.74) is 0.443. The van der Waals surface area contributed by atoms with Gasteiger partial charge in [0.15, 0.2) is 10.3 Å². The molecule has 0 aliphatic carbocycles. The average molecular weight is 420 g/mol. The third-order valence-electron chi connectivity index (χ3n) is 4.07. The van der Waals surface area contributed by atoms with Crippen LogP contribution < -0.4 is 5.32 Å². The van der Waals surface area contributed by atoms with Crippen LogP contribution in [0, 0.1) is 21.9 Å². The molecule has 1 unspecified atom stereocenters. The fraction of sp³-hybridized carbons (Fsp3) is 0.0500. The average Bonchev–Trinajstić information content (AvgIpc) is 3.20. The van der Waals surface area contributed by atoms with Crippen LogP contribution in [-0.4, -0.2) is 6.34 Å². The SMILES string of the molecule is Fc1ccc2sc(F)c(C3C=CNC=N3)c2c1.Fc1ccc2sc(F)cc2c1. The van der Waals surface area contributed by atoms with Gasteiger partial charge in [0.2, 0.25) is 0 Å². The fourth-order valence-electron chi connectivity index (χ4n) is 2.85. The van der Waals surface area contributed by atoms with Crippen LogP contribution >= 0.6 is 22.7 Å². The van der Waals surface area contributed by atoms with E-state index in [2.05, 4.69) is 10.3 Å². The van der Waals surface area contributed by atoms with Crippen LogP contribution in [0.5, 0.6) is 0 Å². The van der Waals surface area contributed by atoms with Crippen molar-refractivity contribution >= 4 is 49.2 Å². The molecule has 3 heterocycles. The molecule has 1 atom stereocenters. The molecule has 0 saturated carbocycles. The molecule has 2 aromatic heterocycles. The van der Waals surface area contributed by atoms with Crippen molar-refractivity contribution in [2.45, 2.75) is 6.04 Å². The van der Waals surface area contributed by atoms with Gasteiger partial charge in [-0.25, -0.2) is 8.78 Å². The Labute approximate surface area is 165 Å². The number of rotatable bonds is 1. The van der Waals surface area contributed by atoms with E-state index >= 15 is 0 Å². The van der Waals surface area contributed by atoms with Crippen LogP contribution in [0.25, 0.3) is 20.2 Å². The highest BCUT2D eigenvalue weighted by atomic mass is 32.1. The number of nitrogens with one attached hydrogen (secondary N) is 1. The normalized spacial score (nSPS) is 15.5. The van der Waals surface area contributed by atoms with Gasteiger partial charge >= 0.3 is 0 Å². The molecule has 5 rings (SSSR count). The van der Waals surface area contributed by atoms with E-state index in [1.54, 1.807) is 24.4 Å². The molecule has 0 bridgehead atoms. The Hall–Kier alpha value is -2.71. The number of hydrogen-bond donors (Lipinski definition) is 1. The van der Waals surface area contributed by atoms with Gasteiger partial charge in [-0.1, -0.05) is 0 Å². The lowest BCUT2D eigenvalue weighted by molar-refractivity contribution is 0.627. The molecule has 142 valence electrons. The minimum absolute atomic E-state index is 0.273. The van der Waals surface area contributed by atoms with Gasteiger partial charge in [0.05, 0.1) is 6.34 Å². The molecule has 0 fully saturated rings. The van der Waals surface area contributed by atoms with E-state index in [-0.39, 0.29) is 27.9 Å². The molecule has 2 aromatic carbocycles. The first kappa shape index (κ1) is 18.6. The van der Waals surface area contributed by atoms with Gasteiger partial charge in [0.1, 0.15) is 17.7 Å². The Balaban J connectivity index is 0.000000151. The van der Waals surface area contributed by atoms with Crippen LogP contribution in [0.4, 0.5) is 17.6 Å². The Morgan fingerprint density at radius 2 is 1.61 bits per heavy atom. The predicted molar refractivity (Wildman–Crippen MR) is 107 cm³/mol. The summed E-state index contributed by atoms with van der Waals surface area (Å²) in [6.45, 7) is 0. The van der Waals surface area contributed by atoms with Crippen LogP contribution in [0.2, 0.25) is 0 Å². The maximum absolute atomic E-state index is 13.9. The lowest BCUT2D eigenvalue weighted by Gasteiger charge is -2.10. The summed E-state index contributed by atoms with van der Waals surface area (Å²) in [5.74, 6) is -0.686. The summed E-state index contributed by atoms with van der Waals surface area (Å²) < 4.78 is 53.7. The van der Waals surface area contributed by atoms with E-state index in [0.717, 1.165) is 32.1 Å². The first-order chi connectivity index (χ1) is 13.5. The van der Waals surface area contributed by atoms with Gasteiger partial charge in [-0.15, -0.1) is 22.7 Å². The van der Waals surface area contributed by atoms with E-state index < -0.39 is 0 Å². The molecular formula is C20H12F4N2S2. The molecule has 8 heteroatoms. The number of fused-ring (bicyclic) bond motifs is 2. The molecule has 2 nitrogen and oxygen atoms in total. The molecule has 28 heavy (non-hydrogen) atoms. The van der Waals surface area contributed by atoms with Crippen molar-refractivity contribution in [3.8, 4) is 0 Å². The lowest BCUT2D eigenvalue weighted by Crippen LogP contribution is -2.09. The van der Waals surface area contributed by atoms with E-state index in [4.69, 9.17) is 0 Å². The molecule has 4 aromatic rings. The Morgan fingerprint density at radius 3 is 2.36 bits per heavy atom. The molecule has 1 aliphatic heterocycles. The van der Waals surface area contributed by atoms with Gasteiger partial charge in [0.25, 0.3) is 0 Å². The standard InChI is InChI=1S/C12H8F2N2S.C8H4F2S/c13-7-1-2-10-8(5-7)11(12(14)17-10)9-3-4-15-6-16-9;9-6-1-2-7-5(3-6)4-8(10)11-7/h1-6,9H,(H,15,16);1-4H. The summed E-state index contributed by atoms with van der Waals surface area (Å²) in [6, 6.07) is 9.48. The predicted octanol–water partition coefficient (Wildman–Crippen LogP) is 6.55. The number of aliphatic imine (C=N–C) groups is 1. The summed E-state index contributed by atoms with van der Waals surface area (Å²) >= 11 is 2.05. The minimum Gasteiger partial charge on any atom is -0.353 e. The van der Waals surface area contributed by atoms with E-state index in [9.17, 15) is 17.6 Å². The zero-order valence-electron chi connectivity index (χ0n) is 14.1. The number of benzene rings is 2. The first-order valence-corrected chi connectivity index (χ1v) is 9.81. The highest BCUT2D eigenvalue weighted by Gasteiger charge is 2.20. The maximum Gasteiger partial charge on any atom is 0.183 e. The maximum atomic E-state index is 13.9. The Kier molecular flexibility index (Phi) is 5.15. The number of halogens is 4. The van der Waals surface area contributed by atoms with E-state index in [1.165, 1.54) is 36.7 Å². The van der Waals surface area contributed by atoms with Crippen LogP contribution in [0.15, 0.2) is 59.7 Å². The van der Waals surface area contributed by atoms with Crippen LogP contribution in [0.1, 0.15) is 11.6 Å². The molecule has 0 spiro atoms. The second-order valence-corrected chi connectivity index (χ2v) is 7.95. The van der Waals surface area contributed by atoms with Crippen molar-refractivity contribution in [1.29, 1.82) is 0 Å². The second kappa shape index (κ2) is 7.73. The van der Waals surface area contributed by atoms with E-state index in [0.29, 0.717) is 16.3 Å². The summed E-state index contributed by atoms with van der Waals surface area (Å²) in [4.78, 5) is 4.13. The van der Waals surface area contributed by atoms with Gasteiger partial charge in [-0.2, -0.15) is 8.78 Å². The molecule has 1 aliphatic rings. The smallest absolute Gasteiger partial charge is 0.183 e. The molecule has 1 N–H and O–H groups in total. The monoisotopic (exact) mass is 420 g/mol. The highest BCUT2D eigenvalue weighted by Crippen LogP contribution is 2.36. The third kappa shape index (κ3) is 3.79. The van der Waals surface area contributed by atoms with Crippen molar-refractivity contribution < 1.29 is 17.6 Å². The Morgan fingerprint density at radius 1 is 0.857 bits per heavy atom.